The molecule has 0 aliphatic heterocycles. The first-order valence-electron chi connectivity index (χ1n) is 10.4. The molecule has 1 nitrogen and oxygen atoms in total. The van der Waals surface area contributed by atoms with Gasteiger partial charge in [0.25, 0.3) is 0 Å². The lowest BCUT2D eigenvalue weighted by Crippen LogP contribution is -2.28. The summed E-state index contributed by atoms with van der Waals surface area (Å²) in [6.07, 6.45) is 4.23. The van der Waals surface area contributed by atoms with Gasteiger partial charge < -0.3 is 5.11 Å². The van der Waals surface area contributed by atoms with E-state index in [2.05, 4.69) is 101 Å². The third-order valence-electron chi connectivity index (χ3n) is 5.04. The summed E-state index contributed by atoms with van der Waals surface area (Å²) in [6, 6.07) is 4.47. The van der Waals surface area contributed by atoms with Crippen LogP contribution in [0.3, 0.4) is 0 Å². The first kappa shape index (κ1) is 23.8. The van der Waals surface area contributed by atoms with E-state index in [4.69, 9.17) is 0 Å². The number of rotatable bonds is 5. The van der Waals surface area contributed by atoms with Crippen molar-refractivity contribution in [3.8, 4) is 5.75 Å². The molecule has 0 heterocycles. The van der Waals surface area contributed by atoms with Crippen molar-refractivity contribution in [3.05, 3.63) is 34.4 Å². The first-order valence-corrected chi connectivity index (χ1v) is 10.4. The standard InChI is InChI=1S/C26H44O/c1-18(2)13-19-14-20(25(9,10)16-23(3,4)5)15-21(22(19)27)26(11,12)17-24(6,7)8/h13-15,27H,16-17H2,1-12H3. The van der Waals surface area contributed by atoms with E-state index in [1.54, 1.807) is 0 Å². The van der Waals surface area contributed by atoms with Gasteiger partial charge in [-0.1, -0.05) is 87.0 Å². The number of phenols is 1. The Kier molecular flexibility index (Phi) is 6.74. The summed E-state index contributed by atoms with van der Waals surface area (Å²) in [5.74, 6) is 0.445. The Hall–Kier alpha value is -1.24. The Morgan fingerprint density at radius 1 is 0.778 bits per heavy atom. The van der Waals surface area contributed by atoms with Gasteiger partial charge in [-0.05, 0) is 60.0 Å². The average molecular weight is 373 g/mol. The molecule has 1 aromatic carbocycles. The van der Waals surface area contributed by atoms with Gasteiger partial charge in [0, 0.05) is 11.1 Å². The molecule has 27 heavy (non-hydrogen) atoms. The number of hydrogen-bond donors (Lipinski definition) is 1. The van der Waals surface area contributed by atoms with Gasteiger partial charge in [-0.25, -0.2) is 0 Å². The lowest BCUT2D eigenvalue weighted by Gasteiger charge is -2.37. The Balaban J connectivity index is 3.67. The predicted molar refractivity (Wildman–Crippen MR) is 122 cm³/mol. The van der Waals surface area contributed by atoms with Crippen molar-refractivity contribution >= 4 is 6.08 Å². The lowest BCUT2D eigenvalue weighted by molar-refractivity contribution is 0.274. The molecule has 0 fully saturated rings. The van der Waals surface area contributed by atoms with Gasteiger partial charge in [-0.2, -0.15) is 0 Å². The maximum Gasteiger partial charge on any atom is 0.126 e. The van der Waals surface area contributed by atoms with E-state index >= 15 is 0 Å². The van der Waals surface area contributed by atoms with Crippen molar-refractivity contribution < 1.29 is 5.11 Å². The highest BCUT2D eigenvalue weighted by Crippen LogP contribution is 2.45. The molecule has 0 saturated carbocycles. The highest BCUT2D eigenvalue weighted by molar-refractivity contribution is 5.64. The summed E-state index contributed by atoms with van der Waals surface area (Å²) in [5, 5.41) is 11.1. The molecule has 1 rings (SSSR count). The molecule has 0 aromatic heterocycles. The van der Waals surface area contributed by atoms with Crippen LogP contribution in [0.1, 0.15) is 113 Å². The Morgan fingerprint density at radius 2 is 1.22 bits per heavy atom. The normalized spacial score (nSPS) is 13.6. The number of hydrogen-bond acceptors (Lipinski definition) is 1. The van der Waals surface area contributed by atoms with Crippen LogP contribution in [-0.2, 0) is 10.8 Å². The molecule has 0 unspecified atom stereocenters. The van der Waals surface area contributed by atoms with Crippen molar-refractivity contribution in [1.29, 1.82) is 0 Å². The van der Waals surface area contributed by atoms with Crippen LogP contribution in [0.25, 0.3) is 6.08 Å². The average Bonchev–Trinajstić information content (AvgIpc) is 2.34. The summed E-state index contributed by atoms with van der Waals surface area (Å²) in [6.45, 7) is 27.1. The summed E-state index contributed by atoms with van der Waals surface area (Å²) in [7, 11) is 0. The van der Waals surface area contributed by atoms with E-state index in [9.17, 15) is 5.11 Å². The minimum Gasteiger partial charge on any atom is -0.507 e. The molecule has 154 valence electrons. The maximum absolute atomic E-state index is 11.1. The smallest absolute Gasteiger partial charge is 0.126 e. The minimum absolute atomic E-state index is 0.0444. The summed E-state index contributed by atoms with van der Waals surface area (Å²) in [4.78, 5) is 0. The van der Waals surface area contributed by atoms with Crippen LogP contribution < -0.4 is 0 Å². The quantitative estimate of drug-likeness (QED) is 0.551. The van der Waals surface area contributed by atoms with E-state index < -0.39 is 0 Å². The number of allylic oxidation sites excluding steroid dienone is 1. The number of benzene rings is 1. The van der Waals surface area contributed by atoms with Gasteiger partial charge in [0.05, 0.1) is 0 Å². The monoisotopic (exact) mass is 372 g/mol. The van der Waals surface area contributed by atoms with Gasteiger partial charge in [0.2, 0.25) is 0 Å². The molecular weight excluding hydrogens is 328 g/mol. The second-order valence-corrected chi connectivity index (χ2v) is 12.4. The SMILES string of the molecule is CC(C)=Cc1cc(C(C)(C)CC(C)(C)C)cc(C(C)(C)CC(C)(C)C)c1O. The van der Waals surface area contributed by atoms with Crippen molar-refractivity contribution in [2.24, 2.45) is 10.8 Å². The van der Waals surface area contributed by atoms with Crippen LogP contribution in [0.4, 0.5) is 0 Å². The number of phenolic OH excluding ortho intramolecular Hbond substituents is 1. The Bertz CT molecular complexity index is 684. The molecule has 0 aliphatic rings. The molecule has 0 spiro atoms. The second-order valence-electron chi connectivity index (χ2n) is 12.4. The van der Waals surface area contributed by atoms with E-state index in [1.807, 2.05) is 0 Å². The summed E-state index contributed by atoms with van der Waals surface area (Å²) >= 11 is 0. The highest BCUT2D eigenvalue weighted by Gasteiger charge is 2.33. The van der Waals surface area contributed by atoms with Crippen LogP contribution in [0, 0.1) is 10.8 Å². The molecular formula is C26H44O. The molecule has 0 atom stereocenters. The summed E-state index contributed by atoms with van der Waals surface area (Å²) < 4.78 is 0. The molecule has 0 saturated heterocycles. The third-order valence-corrected chi connectivity index (χ3v) is 5.04. The zero-order chi connectivity index (χ0) is 21.4. The fourth-order valence-electron chi connectivity index (χ4n) is 4.83. The van der Waals surface area contributed by atoms with Crippen molar-refractivity contribution in [2.75, 3.05) is 0 Å². The Morgan fingerprint density at radius 3 is 1.63 bits per heavy atom. The highest BCUT2D eigenvalue weighted by atomic mass is 16.3. The molecule has 1 heteroatoms. The molecule has 0 amide bonds. The van der Waals surface area contributed by atoms with E-state index in [0.29, 0.717) is 5.75 Å². The molecule has 0 radical (unpaired) electrons. The fraction of sp³-hybridized carbons (Fsp3) is 0.692. The molecule has 0 aliphatic carbocycles. The number of aromatic hydroxyl groups is 1. The predicted octanol–water partition coefficient (Wildman–Crippen LogP) is 8.24. The fourth-order valence-corrected chi connectivity index (χ4v) is 4.83. The topological polar surface area (TPSA) is 20.2 Å². The van der Waals surface area contributed by atoms with E-state index in [-0.39, 0.29) is 21.7 Å². The van der Waals surface area contributed by atoms with E-state index in [1.165, 1.54) is 11.1 Å². The van der Waals surface area contributed by atoms with Crippen molar-refractivity contribution in [3.63, 3.8) is 0 Å². The lowest BCUT2D eigenvalue weighted by atomic mass is 9.68. The van der Waals surface area contributed by atoms with Gasteiger partial charge in [0.1, 0.15) is 5.75 Å². The largest absolute Gasteiger partial charge is 0.507 e. The van der Waals surface area contributed by atoms with Crippen LogP contribution in [0.2, 0.25) is 0 Å². The second kappa shape index (κ2) is 7.64. The minimum atomic E-state index is -0.0968. The van der Waals surface area contributed by atoms with Crippen molar-refractivity contribution in [1.82, 2.24) is 0 Å². The van der Waals surface area contributed by atoms with Crippen molar-refractivity contribution in [2.45, 2.75) is 107 Å². The Labute approximate surface area is 169 Å². The zero-order valence-corrected chi connectivity index (χ0v) is 20.1. The first-order chi connectivity index (χ1) is 11.8. The third kappa shape index (κ3) is 7.01. The van der Waals surface area contributed by atoms with Gasteiger partial charge in [0.15, 0.2) is 0 Å². The van der Waals surface area contributed by atoms with E-state index in [0.717, 1.165) is 24.0 Å². The van der Waals surface area contributed by atoms with Crippen LogP contribution in [0.5, 0.6) is 5.75 Å². The van der Waals surface area contributed by atoms with Gasteiger partial charge in [-0.15, -0.1) is 0 Å². The maximum atomic E-state index is 11.1. The van der Waals surface area contributed by atoms with Gasteiger partial charge >= 0.3 is 0 Å². The summed E-state index contributed by atoms with van der Waals surface area (Å²) in [5.41, 5.74) is 4.94. The zero-order valence-electron chi connectivity index (χ0n) is 20.1. The molecule has 0 bridgehead atoms. The van der Waals surface area contributed by atoms with Crippen LogP contribution in [0.15, 0.2) is 17.7 Å². The van der Waals surface area contributed by atoms with Crippen LogP contribution >= 0.6 is 0 Å². The molecule has 1 N–H and O–H groups in total. The van der Waals surface area contributed by atoms with Crippen LogP contribution in [-0.4, -0.2) is 5.11 Å². The molecule has 1 aromatic rings. The van der Waals surface area contributed by atoms with Gasteiger partial charge in [-0.3, -0.25) is 0 Å².